The first-order valence-electron chi connectivity index (χ1n) is 8.80. The Balaban J connectivity index is 2.32. The van der Waals surface area contributed by atoms with Gasteiger partial charge in [0.1, 0.15) is 5.75 Å². The molecule has 0 aliphatic rings. The van der Waals surface area contributed by atoms with Gasteiger partial charge in [0.05, 0.1) is 0 Å². The standard InChI is InChI=1S/C21H30NOP/c1-6-19(18-12-8-9-15(4)20(18)23)24-21-16(5)10-7-11-17(21)13-22-14(2)3/h7-12,14,19,22-24H,6,13H2,1-5H3. The Morgan fingerprint density at radius 1 is 1.04 bits per heavy atom. The molecule has 2 atom stereocenters. The van der Waals surface area contributed by atoms with Crippen LogP contribution in [0.4, 0.5) is 0 Å². The Hall–Kier alpha value is -1.37. The van der Waals surface area contributed by atoms with Crippen LogP contribution in [0.25, 0.3) is 0 Å². The van der Waals surface area contributed by atoms with Crippen LogP contribution in [0.5, 0.6) is 5.75 Å². The van der Waals surface area contributed by atoms with E-state index in [1.54, 1.807) is 0 Å². The average molecular weight is 343 g/mol. The number of hydrogen-bond acceptors (Lipinski definition) is 2. The van der Waals surface area contributed by atoms with Crippen LogP contribution in [0.2, 0.25) is 0 Å². The van der Waals surface area contributed by atoms with E-state index in [2.05, 4.69) is 63.3 Å². The van der Waals surface area contributed by atoms with E-state index >= 15 is 0 Å². The van der Waals surface area contributed by atoms with Crippen molar-refractivity contribution in [1.82, 2.24) is 5.32 Å². The molecule has 2 aromatic carbocycles. The van der Waals surface area contributed by atoms with E-state index in [1.165, 1.54) is 16.4 Å². The summed E-state index contributed by atoms with van der Waals surface area (Å²) in [7, 11) is 0.667. The van der Waals surface area contributed by atoms with Gasteiger partial charge in [-0.1, -0.05) is 65.8 Å². The lowest BCUT2D eigenvalue weighted by molar-refractivity contribution is 0.463. The molecule has 0 fully saturated rings. The number of phenolic OH excluding ortho intramolecular Hbond substituents is 1. The van der Waals surface area contributed by atoms with E-state index in [-0.39, 0.29) is 0 Å². The Bertz CT molecular complexity index is 682. The van der Waals surface area contributed by atoms with Crippen LogP contribution in [-0.2, 0) is 6.54 Å². The van der Waals surface area contributed by atoms with Gasteiger partial charge >= 0.3 is 0 Å². The minimum absolute atomic E-state index is 0.365. The molecule has 0 aliphatic carbocycles. The van der Waals surface area contributed by atoms with Gasteiger partial charge in [-0.3, -0.25) is 0 Å². The fraction of sp³-hybridized carbons (Fsp3) is 0.429. The zero-order valence-electron chi connectivity index (χ0n) is 15.5. The van der Waals surface area contributed by atoms with Gasteiger partial charge in [-0.15, -0.1) is 0 Å². The number of phenols is 1. The number of para-hydroxylation sites is 1. The Morgan fingerprint density at radius 3 is 2.38 bits per heavy atom. The molecule has 130 valence electrons. The fourth-order valence-electron chi connectivity index (χ4n) is 2.93. The molecule has 0 bridgehead atoms. The zero-order chi connectivity index (χ0) is 17.7. The van der Waals surface area contributed by atoms with Gasteiger partial charge in [0.2, 0.25) is 0 Å². The predicted octanol–water partition coefficient (Wildman–Crippen LogP) is 4.96. The number of nitrogens with one attached hydrogen (secondary N) is 1. The molecule has 3 heteroatoms. The van der Waals surface area contributed by atoms with E-state index in [0.29, 0.717) is 26.0 Å². The van der Waals surface area contributed by atoms with E-state index in [0.717, 1.165) is 24.1 Å². The van der Waals surface area contributed by atoms with Crippen LogP contribution in [0.15, 0.2) is 36.4 Å². The van der Waals surface area contributed by atoms with Crippen molar-refractivity contribution in [2.24, 2.45) is 0 Å². The van der Waals surface area contributed by atoms with E-state index in [4.69, 9.17) is 0 Å². The van der Waals surface area contributed by atoms with Crippen LogP contribution in [0.3, 0.4) is 0 Å². The summed E-state index contributed by atoms with van der Waals surface area (Å²) in [6, 6.07) is 13.2. The maximum absolute atomic E-state index is 10.5. The minimum Gasteiger partial charge on any atom is -0.507 e. The summed E-state index contributed by atoms with van der Waals surface area (Å²) < 4.78 is 0. The topological polar surface area (TPSA) is 32.3 Å². The second kappa shape index (κ2) is 8.65. The molecule has 0 saturated carbocycles. The number of aryl methyl sites for hydroxylation is 2. The third kappa shape index (κ3) is 4.59. The normalized spacial score (nSPS) is 13.1. The average Bonchev–Trinajstić information content (AvgIpc) is 2.55. The summed E-state index contributed by atoms with van der Waals surface area (Å²) in [5, 5.41) is 15.5. The molecule has 0 spiro atoms. The van der Waals surface area contributed by atoms with Crippen molar-refractivity contribution in [1.29, 1.82) is 0 Å². The Kier molecular flexibility index (Phi) is 6.83. The second-order valence-corrected chi connectivity index (χ2v) is 8.25. The van der Waals surface area contributed by atoms with Gasteiger partial charge < -0.3 is 10.4 Å². The molecule has 2 nitrogen and oxygen atoms in total. The van der Waals surface area contributed by atoms with Crippen LogP contribution >= 0.6 is 8.58 Å². The third-order valence-corrected chi connectivity index (χ3v) is 6.50. The molecule has 2 N–H and O–H groups in total. The van der Waals surface area contributed by atoms with Crippen LogP contribution < -0.4 is 10.6 Å². The van der Waals surface area contributed by atoms with Gasteiger partial charge in [0, 0.05) is 23.8 Å². The van der Waals surface area contributed by atoms with Crippen molar-refractivity contribution >= 4 is 13.9 Å². The molecule has 2 rings (SSSR count). The summed E-state index contributed by atoms with van der Waals surface area (Å²) in [5.41, 5.74) is 5.14. The van der Waals surface area contributed by atoms with E-state index in [9.17, 15) is 5.11 Å². The van der Waals surface area contributed by atoms with Gasteiger partial charge in [-0.05, 0) is 42.3 Å². The lowest BCUT2D eigenvalue weighted by Gasteiger charge is -2.22. The first-order valence-corrected chi connectivity index (χ1v) is 9.88. The smallest absolute Gasteiger partial charge is 0.122 e. The van der Waals surface area contributed by atoms with Gasteiger partial charge in [-0.25, -0.2) is 0 Å². The minimum atomic E-state index is 0.365. The molecular formula is C21H30NOP. The SMILES string of the molecule is CCC(Pc1c(C)cccc1CNC(C)C)c1cccc(C)c1O. The number of benzene rings is 2. The molecule has 0 saturated heterocycles. The van der Waals surface area contributed by atoms with Crippen molar-refractivity contribution < 1.29 is 5.11 Å². The van der Waals surface area contributed by atoms with Gasteiger partial charge in [-0.2, -0.15) is 0 Å². The van der Waals surface area contributed by atoms with Crippen molar-refractivity contribution in [2.45, 2.75) is 59.3 Å². The van der Waals surface area contributed by atoms with Gasteiger partial charge in [0.25, 0.3) is 0 Å². The summed E-state index contributed by atoms with van der Waals surface area (Å²) in [6.07, 6.45) is 1.03. The number of hydrogen-bond donors (Lipinski definition) is 2. The van der Waals surface area contributed by atoms with E-state index < -0.39 is 0 Å². The number of rotatable bonds is 7. The molecule has 0 amide bonds. The van der Waals surface area contributed by atoms with Crippen molar-refractivity contribution in [2.75, 3.05) is 0 Å². The molecular weight excluding hydrogens is 313 g/mol. The third-order valence-electron chi connectivity index (χ3n) is 4.43. The molecule has 24 heavy (non-hydrogen) atoms. The van der Waals surface area contributed by atoms with Crippen LogP contribution in [0.1, 0.15) is 55.1 Å². The highest BCUT2D eigenvalue weighted by Gasteiger charge is 2.18. The lowest BCUT2D eigenvalue weighted by Crippen LogP contribution is -2.25. The molecule has 0 radical (unpaired) electrons. The van der Waals surface area contributed by atoms with Crippen molar-refractivity contribution in [3.05, 3.63) is 58.7 Å². The molecule has 0 heterocycles. The predicted molar refractivity (Wildman–Crippen MR) is 107 cm³/mol. The molecule has 0 aliphatic heterocycles. The molecule has 2 aromatic rings. The Labute approximate surface area is 148 Å². The summed E-state index contributed by atoms with van der Waals surface area (Å²) >= 11 is 0. The van der Waals surface area contributed by atoms with E-state index in [1.807, 2.05) is 13.0 Å². The Morgan fingerprint density at radius 2 is 1.71 bits per heavy atom. The largest absolute Gasteiger partial charge is 0.507 e. The zero-order valence-corrected chi connectivity index (χ0v) is 16.5. The summed E-state index contributed by atoms with van der Waals surface area (Å²) in [6.45, 7) is 11.6. The first kappa shape index (κ1) is 19.0. The fourth-order valence-corrected chi connectivity index (χ4v) is 4.54. The monoisotopic (exact) mass is 343 g/mol. The lowest BCUT2D eigenvalue weighted by atomic mass is 10.1. The highest BCUT2D eigenvalue weighted by molar-refractivity contribution is 7.47. The molecule has 0 aromatic heterocycles. The number of aromatic hydroxyl groups is 1. The summed E-state index contributed by atoms with van der Waals surface area (Å²) in [5.74, 6) is 0.465. The summed E-state index contributed by atoms with van der Waals surface area (Å²) in [4.78, 5) is 0. The maximum Gasteiger partial charge on any atom is 0.122 e. The van der Waals surface area contributed by atoms with Crippen LogP contribution in [-0.4, -0.2) is 11.1 Å². The highest BCUT2D eigenvalue weighted by atomic mass is 31.1. The maximum atomic E-state index is 10.5. The molecule has 2 unspecified atom stereocenters. The van der Waals surface area contributed by atoms with Crippen molar-refractivity contribution in [3.8, 4) is 5.75 Å². The second-order valence-electron chi connectivity index (χ2n) is 6.76. The van der Waals surface area contributed by atoms with Crippen molar-refractivity contribution in [3.63, 3.8) is 0 Å². The van der Waals surface area contributed by atoms with Gasteiger partial charge in [0.15, 0.2) is 0 Å². The highest BCUT2D eigenvalue weighted by Crippen LogP contribution is 2.42. The quantitative estimate of drug-likeness (QED) is 0.696. The van der Waals surface area contributed by atoms with Crippen LogP contribution in [0, 0.1) is 13.8 Å². The first-order chi connectivity index (χ1) is 11.4.